The highest BCUT2D eigenvalue weighted by molar-refractivity contribution is 14.1. The van der Waals surface area contributed by atoms with Crippen molar-refractivity contribution >= 4 is 28.5 Å². The predicted octanol–water partition coefficient (Wildman–Crippen LogP) is 2.05. The summed E-state index contributed by atoms with van der Waals surface area (Å²) in [5.41, 5.74) is 0.435. The van der Waals surface area contributed by atoms with Crippen molar-refractivity contribution in [2.45, 2.75) is 13.0 Å². The molecule has 2 aromatic rings. The minimum absolute atomic E-state index is 0.0822. The van der Waals surface area contributed by atoms with E-state index in [4.69, 9.17) is 4.74 Å². The molecule has 0 radical (unpaired) electrons. The number of amides is 1. The summed E-state index contributed by atoms with van der Waals surface area (Å²) < 4.78 is 7.82. The number of pyridine rings is 1. The number of carbonyl (C=O) groups excluding carboxylic acids is 1. The lowest BCUT2D eigenvalue weighted by Gasteiger charge is -2.17. The van der Waals surface area contributed by atoms with Crippen LogP contribution in [-0.2, 0) is 6.54 Å². The van der Waals surface area contributed by atoms with Gasteiger partial charge in [-0.1, -0.05) is 0 Å². The maximum Gasteiger partial charge on any atom is 0.272 e. The van der Waals surface area contributed by atoms with Crippen LogP contribution < -0.4 is 4.74 Å². The van der Waals surface area contributed by atoms with Crippen LogP contribution >= 0.6 is 22.6 Å². The first kappa shape index (κ1) is 15.7. The number of ether oxygens (including phenoxy) is 1. The molecule has 0 saturated carbocycles. The van der Waals surface area contributed by atoms with Gasteiger partial charge in [-0.2, -0.15) is 0 Å². The molecule has 1 amide bonds. The van der Waals surface area contributed by atoms with Crippen LogP contribution in [0.4, 0.5) is 0 Å². The monoisotopic (exact) mass is 400 g/mol. The summed E-state index contributed by atoms with van der Waals surface area (Å²) in [5, 5.41) is 0. The van der Waals surface area contributed by atoms with E-state index in [1.54, 1.807) is 43.7 Å². The van der Waals surface area contributed by atoms with Crippen LogP contribution in [0.2, 0.25) is 0 Å². The number of carbonyl (C=O) groups is 1. The van der Waals surface area contributed by atoms with E-state index >= 15 is 0 Å². The van der Waals surface area contributed by atoms with Gasteiger partial charge in [-0.3, -0.25) is 4.79 Å². The Morgan fingerprint density at radius 2 is 2.29 bits per heavy atom. The van der Waals surface area contributed by atoms with Crippen molar-refractivity contribution in [2.75, 3.05) is 20.7 Å². The van der Waals surface area contributed by atoms with Gasteiger partial charge in [0, 0.05) is 32.5 Å². The molecule has 112 valence electrons. The first-order chi connectivity index (χ1) is 10.1. The number of imidazole rings is 1. The zero-order valence-electron chi connectivity index (χ0n) is 12.0. The average molecular weight is 400 g/mol. The molecule has 7 heteroatoms. The normalized spacial score (nSPS) is 10.4. The van der Waals surface area contributed by atoms with Crippen LogP contribution in [0.15, 0.2) is 30.9 Å². The summed E-state index contributed by atoms with van der Waals surface area (Å²) >= 11 is 2.06. The van der Waals surface area contributed by atoms with Crippen LogP contribution in [0.1, 0.15) is 16.9 Å². The van der Waals surface area contributed by atoms with Gasteiger partial charge < -0.3 is 14.2 Å². The maximum atomic E-state index is 12.3. The number of halogens is 1. The van der Waals surface area contributed by atoms with Crippen LogP contribution in [0, 0.1) is 3.70 Å². The highest BCUT2D eigenvalue weighted by Crippen LogP contribution is 2.18. The highest BCUT2D eigenvalue weighted by atomic mass is 127. The second kappa shape index (κ2) is 7.39. The molecule has 0 aromatic carbocycles. The molecule has 21 heavy (non-hydrogen) atoms. The molecular weight excluding hydrogens is 383 g/mol. The molecule has 0 fully saturated rings. The summed E-state index contributed by atoms with van der Waals surface area (Å²) in [6, 6.07) is 3.46. The van der Waals surface area contributed by atoms with E-state index < -0.39 is 0 Å². The Bertz CT molecular complexity index is 601. The molecule has 0 aliphatic carbocycles. The summed E-state index contributed by atoms with van der Waals surface area (Å²) in [7, 11) is 3.37. The largest absolute Gasteiger partial charge is 0.494 e. The van der Waals surface area contributed by atoms with Crippen molar-refractivity contribution in [3.63, 3.8) is 0 Å². The van der Waals surface area contributed by atoms with Crippen LogP contribution in [0.3, 0.4) is 0 Å². The lowest BCUT2D eigenvalue weighted by atomic mass is 10.3. The number of hydrogen-bond donors (Lipinski definition) is 0. The summed E-state index contributed by atoms with van der Waals surface area (Å²) in [5.74, 6) is 0.594. The van der Waals surface area contributed by atoms with Gasteiger partial charge in [0.1, 0.15) is 9.39 Å². The van der Waals surface area contributed by atoms with E-state index in [1.165, 1.54) is 0 Å². The average Bonchev–Trinajstić information content (AvgIpc) is 2.99. The fourth-order valence-corrected chi connectivity index (χ4v) is 2.56. The molecule has 0 atom stereocenters. The molecule has 2 heterocycles. The fourth-order valence-electron chi connectivity index (χ4n) is 1.90. The minimum Gasteiger partial charge on any atom is -0.494 e. The van der Waals surface area contributed by atoms with Crippen molar-refractivity contribution in [3.05, 3.63) is 40.2 Å². The summed E-state index contributed by atoms with van der Waals surface area (Å²) in [6.07, 6.45) is 6.30. The molecule has 0 saturated heterocycles. The van der Waals surface area contributed by atoms with E-state index in [0.29, 0.717) is 21.7 Å². The highest BCUT2D eigenvalue weighted by Gasteiger charge is 2.14. The van der Waals surface area contributed by atoms with Crippen LogP contribution in [0.25, 0.3) is 0 Å². The quantitative estimate of drug-likeness (QED) is 0.550. The van der Waals surface area contributed by atoms with Crippen molar-refractivity contribution < 1.29 is 9.53 Å². The van der Waals surface area contributed by atoms with Gasteiger partial charge in [-0.15, -0.1) is 0 Å². The zero-order chi connectivity index (χ0) is 15.2. The second-order valence-corrected chi connectivity index (χ2v) is 5.59. The molecule has 0 N–H and O–H groups in total. The Labute approximate surface area is 137 Å². The molecule has 0 spiro atoms. The number of nitrogens with zero attached hydrogens (tertiary/aromatic N) is 4. The van der Waals surface area contributed by atoms with Gasteiger partial charge in [-0.25, -0.2) is 9.97 Å². The van der Waals surface area contributed by atoms with E-state index in [1.807, 2.05) is 10.8 Å². The lowest BCUT2D eigenvalue weighted by Crippen LogP contribution is -2.29. The predicted molar refractivity (Wildman–Crippen MR) is 87.3 cm³/mol. The Hall–Kier alpha value is -1.64. The number of rotatable bonds is 6. The van der Waals surface area contributed by atoms with Gasteiger partial charge >= 0.3 is 0 Å². The van der Waals surface area contributed by atoms with E-state index in [9.17, 15) is 4.79 Å². The molecule has 0 bridgehead atoms. The van der Waals surface area contributed by atoms with Crippen molar-refractivity contribution in [1.82, 2.24) is 19.4 Å². The fraction of sp³-hybridized carbons (Fsp3) is 0.357. The van der Waals surface area contributed by atoms with Crippen LogP contribution in [0.5, 0.6) is 5.75 Å². The topological polar surface area (TPSA) is 60.2 Å². The zero-order valence-corrected chi connectivity index (χ0v) is 14.1. The molecule has 0 unspecified atom stereocenters. The maximum absolute atomic E-state index is 12.3. The number of methoxy groups -OCH3 is 1. The minimum atomic E-state index is -0.0822. The number of aromatic nitrogens is 3. The van der Waals surface area contributed by atoms with E-state index in [2.05, 4.69) is 32.6 Å². The number of aryl methyl sites for hydroxylation is 1. The Balaban J connectivity index is 1.91. The third-order valence-corrected chi connectivity index (χ3v) is 3.84. The molecule has 2 rings (SSSR count). The third kappa shape index (κ3) is 4.16. The van der Waals surface area contributed by atoms with E-state index in [-0.39, 0.29) is 5.91 Å². The molecule has 2 aromatic heterocycles. The third-order valence-electron chi connectivity index (χ3n) is 3.07. The molecule has 0 aliphatic rings. The Morgan fingerprint density at radius 3 is 2.90 bits per heavy atom. The van der Waals surface area contributed by atoms with Gasteiger partial charge in [-0.05, 0) is 41.1 Å². The summed E-state index contributed by atoms with van der Waals surface area (Å²) in [6.45, 7) is 1.51. The molecule has 6 nitrogen and oxygen atoms in total. The van der Waals surface area contributed by atoms with Gasteiger partial charge in [0.15, 0.2) is 5.75 Å². The van der Waals surface area contributed by atoms with Gasteiger partial charge in [0.25, 0.3) is 5.91 Å². The Kier molecular flexibility index (Phi) is 5.54. The first-order valence-corrected chi connectivity index (χ1v) is 7.61. The van der Waals surface area contributed by atoms with Gasteiger partial charge in [0.05, 0.1) is 13.4 Å². The van der Waals surface area contributed by atoms with E-state index in [0.717, 1.165) is 13.0 Å². The Morgan fingerprint density at radius 1 is 1.48 bits per heavy atom. The van der Waals surface area contributed by atoms with Gasteiger partial charge in [0.2, 0.25) is 0 Å². The van der Waals surface area contributed by atoms with Crippen molar-refractivity contribution in [1.29, 1.82) is 0 Å². The smallest absolute Gasteiger partial charge is 0.272 e. The molecule has 0 aliphatic heterocycles. The van der Waals surface area contributed by atoms with Crippen LogP contribution in [-0.4, -0.2) is 46.0 Å². The molecular formula is C14H17IN4O2. The lowest BCUT2D eigenvalue weighted by molar-refractivity contribution is 0.0786. The number of hydrogen-bond acceptors (Lipinski definition) is 4. The van der Waals surface area contributed by atoms with Crippen molar-refractivity contribution in [2.24, 2.45) is 0 Å². The standard InChI is InChI=1S/C14H17IN4O2/c1-18(7-3-8-19-9-6-16-10-19)14(20)11-4-5-12(21-2)13(15)17-11/h4-6,9-10H,3,7-8H2,1-2H3. The summed E-state index contributed by atoms with van der Waals surface area (Å²) in [4.78, 5) is 22.2. The first-order valence-electron chi connectivity index (χ1n) is 6.53. The van der Waals surface area contributed by atoms with Crippen molar-refractivity contribution in [3.8, 4) is 5.75 Å². The second-order valence-electron chi connectivity index (χ2n) is 4.57. The SMILES string of the molecule is COc1ccc(C(=O)N(C)CCCn2ccnc2)nc1I.